The number of nitrogens with zero attached hydrogens (tertiary/aromatic N) is 1. The van der Waals surface area contributed by atoms with Gasteiger partial charge in [0.05, 0.1) is 46.0 Å². The van der Waals surface area contributed by atoms with Gasteiger partial charge in [0.15, 0.2) is 11.5 Å². The molecule has 0 saturated carbocycles. The second kappa shape index (κ2) is 9.64. The highest BCUT2D eigenvalue weighted by Crippen LogP contribution is 2.36. The summed E-state index contributed by atoms with van der Waals surface area (Å²) < 4.78 is 17.3. The number of carbonyl (C=O) groups excluding carboxylic acids is 1. The van der Waals surface area contributed by atoms with Crippen LogP contribution in [0.3, 0.4) is 0 Å². The zero-order valence-corrected chi connectivity index (χ0v) is 17.3. The van der Waals surface area contributed by atoms with Gasteiger partial charge in [-0.2, -0.15) is 0 Å². The van der Waals surface area contributed by atoms with E-state index >= 15 is 0 Å². The molecule has 1 aromatic carbocycles. The number of benzene rings is 1. The molecule has 0 bridgehead atoms. The molecular weight excluding hydrogens is 390 g/mol. The molecule has 9 heteroatoms. The first-order chi connectivity index (χ1) is 14.5. The van der Waals surface area contributed by atoms with E-state index in [0.29, 0.717) is 42.2 Å². The molecule has 1 aromatic heterocycles. The molecule has 0 unspecified atom stereocenters. The number of methoxy groups -OCH3 is 2. The Bertz CT molecular complexity index is 995. The van der Waals surface area contributed by atoms with Gasteiger partial charge in [-0.05, 0) is 6.07 Å². The molecule has 0 atom stereocenters. The number of pyridine rings is 1. The van der Waals surface area contributed by atoms with Gasteiger partial charge in [0, 0.05) is 18.0 Å². The molecule has 3 rings (SSSR count). The summed E-state index contributed by atoms with van der Waals surface area (Å²) in [7, 11) is 2.96. The average molecular weight is 418 g/mol. The Balaban J connectivity index is 1.97. The van der Waals surface area contributed by atoms with Crippen LogP contribution < -0.4 is 25.2 Å². The summed E-state index contributed by atoms with van der Waals surface area (Å²) in [6.45, 7) is 8.12. The van der Waals surface area contributed by atoms with Crippen molar-refractivity contribution in [2.75, 3.05) is 53.6 Å². The van der Waals surface area contributed by atoms with Crippen molar-refractivity contribution in [3.8, 4) is 17.2 Å². The monoisotopic (exact) mass is 418 g/mol. The Morgan fingerprint density at radius 2 is 1.97 bits per heavy atom. The van der Waals surface area contributed by atoms with Crippen LogP contribution in [-0.2, 0) is 11.3 Å². The van der Waals surface area contributed by atoms with Gasteiger partial charge in [-0.1, -0.05) is 6.08 Å². The van der Waals surface area contributed by atoms with Crippen LogP contribution >= 0.6 is 0 Å². The van der Waals surface area contributed by atoms with Crippen LogP contribution in [0.25, 0.3) is 10.9 Å². The smallest absolute Gasteiger partial charge is 0.268 e. The molecule has 1 aliphatic rings. The number of quaternary nitrogens is 1. The zero-order chi connectivity index (χ0) is 21.7. The number of aromatic nitrogens is 1. The highest BCUT2D eigenvalue weighted by atomic mass is 16.5. The van der Waals surface area contributed by atoms with Crippen molar-refractivity contribution in [3.63, 3.8) is 0 Å². The van der Waals surface area contributed by atoms with E-state index in [1.54, 1.807) is 18.2 Å². The standard InChI is InChI=1S/C21H27N3O6/c1-4-6-24-15-13-17(29-3)16(28-2)12-14(15)19(25)18(21(24)27)20(26)22-5-7-23-8-10-30-11-9-23/h4,12-13,25H,1,5-11H2,2-3H3,(H,22,26)/p+1. The Hall–Kier alpha value is -3.04. The fourth-order valence-electron chi connectivity index (χ4n) is 3.63. The first-order valence-electron chi connectivity index (χ1n) is 9.83. The normalized spacial score (nSPS) is 14.5. The number of fused-ring (bicyclic) bond motifs is 1. The molecule has 0 spiro atoms. The van der Waals surface area contributed by atoms with Crippen LogP contribution in [0.15, 0.2) is 29.6 Å². The predicted octanol–water partition coefficient (Wildman–Crippen LogP) is -0.445. The fraction of sp³-hybridized carbons (Fsp3) is 0.429. The molecule has 9 nitrogen and oxygen atoms in total. The van der Waals surface area contributed by atoms with Crippen LogP contribution in [0.4, 0.5) is 0 Å². The van der Waals surface area contributed by atoms with Gasteiger partial charge >= 0.3 is 0 Å². The summed E-state index contributed by atoms with van der Waals surface area (Å²) in [6, 6.07) is 3.15. The molecule has 0 radical (unpaired) electrons. The minimum Gasteiger partial charge on any atom is -0.506 e. The number of allylic oxidation sites excluding steroid dienone is 1. The summed E-state index contributed by atoms with van der Waals surface area (Å²) in [5.41, 5.74) is -0.471. The second-order valence-electron chi connectivity index (χ2n) is 7.02. The van der Waals surface area contributed by atoms with Crippen LogP contribution in [0.2, 0.25) is 0 Å². The second-order valence-corrected chi connectivity index (χ2v) is 7.02. The van der Waals surface area contributed by atoms with Crippen molar-refractivity contribution in [2.45, 2.75) is 6.54 Å². The van der Waals surface area contributed by atoms with Crippen LogP contribution in [0, 0.1) is 0 Å². The largest absolute Gasteiger partial charge is 0.506 e. The maximum Gasteiger partial charge on any atom is 0.268 e. The SMILES string of the molecule is C=CCn1c(=O)c(C(=O)NCC[NH+]2CCOCC2)c(O)c2cc(OC)c(OC)cc21. The number of amides is 1. The highest BCUT2D eigenvalue weighted by molar-refractivity contribution is 6.03. The van der Waals surface area contributed by atoms with Crippen molar-refractivity contribution < 1.29 is 29.0 Å². The van der Waals surface area contributed by atoms with Gasteiger partial charge in [-0.25, -0.2) is 0 Å². The van der Waals surface area contributed by atoms with Crippen LogP contribution in [0.5, 0.6) is 17.2 Å². The Kier molecular flexibility index (Phi) is 6.96. The van der Waals surface area contributed by atoms with Crippen molar-refractivity contribution in [1.29, 1.82) is 0 Å². The third-order valence-corrected chi connectivity index (χ3v) is 5.25. The zero-order valence-electron chi connectivity index (χ0n) is 17.3. The summed E-state index contributed by atoms with van der Waals surface area (Å²) in [4.78, 5) is 27.2. The lowest BCUT2D eigenvalue weighted by Crippen LogP contribution is -3.14. The number of hydrogen-bond acceptors (Lipinski definition) is 6. The number of morpholine rings is 1. The molecule has 2 aromatic rings. The molecule has 1 aliphatic heterocycles. The Morgan fingerprint density at radius 3 is 2.60 bits per heavy atom. The third kappa shape index (κ3) is 4.27. The van der Waals surface area contributed by atoms with Gasteiger partial charge in [0.1, 0.15) is 24.4 Å². The third-order valence-electron chi connectivity index (χ3n) is 5.25. The van der Waals surface area contributed by atoms with E-state index in [1.165, 1.54) is 23.7 Å². The number of hydrogen-bond donors (Lipinski definition) is 3. The molecule has 162 valence electrons. The minimum atomic E-state index is -0.611. The topological polar surface area (TPSA) is 103 Å². The van der Waals surface area contributed by atoms with Crippen LogP contribution in [0.1, 0.15) is 10.4 Å². The maximum atomic E-state index is 13.1. The van der Waals surface area contributed by atoms with Gasteiger partial charge in [-0.15, -0.1) is 6.58 Å². The van der Waals surface area contributed by atoms with Gasteiger partial charge < -0.3 is 34.1 Å². The predicted molar refractivity (Wildman–Crippen MR) is 112 cm³/mol. The van der Waals surface area contributed by atoms with E-state index < -0.39 is 11.5 Å². The summed E-state index contributed by atoms with van der Waals surface area (Å²) in [6.07, 6.45) is 1.55. The van der Waals surface area contributed by atoms with Gasteiger partial charge in [-0.3, -0.25) is 9.59 Å². The minimum absolute atomic E-state index is 0.170. The first kappa shape index (κ1) is 21.7. The average Bonchev–Trinajstić information content (AvgIpc) is 2.76. The van der Waals surface area contributed by atoms with Crippen LogP contribution in [-0.4, -0.2) is 69.2 Å². The molecule has 1 fully saturated rings. The summed E-state index contributed by atoms with van der Waals surface area (Å²) >= 11 is 0. The molecule has 1 amide bonds. The lowest BCUT2D eigenvalue weighted by Gasteiger charge is -2.23. The number of aromatic hydroxyl groups is 1. The Morgan fingerprint density at radius 1 is 1.30 bits per heavy atom. The van der Waals surface area contributed by atoms with Crippen molar-refractivity contribution >= 4 is 16.8 Å². The van der Waals surface area contributed by atoms with E-state index in [9.17, 15) is 14.7 Å². The highest BCUT2D eigenvalue weighted by Gasteiger charge is 2.24. The number of ether oxygens (including phenoxy) is 3. The first-order valence-corrected chi connectivity index (χ1v) is 9.83. The van der Waals surface area contributed by atoms with Crippen molar-refractivity contribution in [2.24, 2.45) is 0 Å². The number of carbonyl (C=O) groups is 1. The lowest BCUT2D eigenvalue weighted by atomic mass is 10.1. The molecule has 1 saturated heterocycles. The quantitative estimate of drug-likeness (QED) is 0.502. The van der Waals surface area contributed by atoms with Gasteiger partial charge in [0.2, 0.25) is 0 Å². The molecule has 0 aliphatic carbocycles. The van der Waals surface area contributed by atoms with E-state index in [-0.39, 0.29) is 17.9 Å². The molecule has 2 heterocycles. The number of nitrogens with one attached hydrogen (secondary N) is 2. The van der Waals surface area contributed by atoms with Crippen molar-refractivity contribution in [1.82, 2.24) is 9.88 Å². The van der Waals surface area contributed by atoms with E-state index in [0.717, 1.165) is 19.6 Å². The fourth-order valence-corrected chi connectivity index (χ4v) is 3.63. The van der Waals surface area contributed by atoms with Crippen molar-refractivity contribution in [3.05, 3.63) is 40.7 Å². The van der Waals surface area contributed by atoms with E-state index in [2.05, 4.69) is 11.9 Å². The summed E-state index contributed by atoms with van der Waals surface area (Å²) in [5, 5.41) is 13.9. The molecule has 3 N–H and O–H groups in total. The lowest BCUT2D eigenvalue weighted by molar-refractivity contribution is -0.906. The van der Waals surface area contributed by atoms with E-state index in [4.69, 9.17) is 14.2 Å². The molecular formula is C21H28N3O6+. The number of rotatable bonds is 8. The molecule has 30 heavy (non-hydrogen) atoms. The van der Waals surface area contributed by atoms with Gasteiger partial charge in [0.25, 0.3) is 11.5 Å². The summed E-state index contributed by atoms with van der Waals surface area (Å²) in [5.74, 6) is -0.203. The maximum absolute atomic E-state index is 13.1. The Labute approximate surface area is 174 Å². The van der Waals surface area contributed by atoms with E-state index in [1.807, 2.05) is 0 Å².